The summed E-state index contributed by atoms with van der Waals surface area (Å²) >= 11 is 0. The number of likely N-dealkylation sites (tertiary alicyclic amines) is 1. The Hall–Kier alpha value is -1.59. The van der Waals surface area contributed by atoms with E-state index in [9.17, 15) is 9.90 Å². The highest BCUT2D eigenvalue weighted by Gasteiger charge is 2.25. The van der Waals surface area contributed by atoms with E-state index in [1.807, 2.05) is 20.8 Å². The highest BCUT2D eigenvalue weighted by molar-refractivity contribution is 5.66. The molecule has 1 fully saturated rings. The largest absolute Gasteiger partial charge is 0.465 e. The van der Waals surface area contributed by atoms with Crippen LogP contribution in [0.2, 0.25) is 0 Å². The summed E-state index contributed by atoms with van der Waals surface area (Å²) in [5, 5.41) is 9.37. The molecular formula is C20H32N2O3. The number of hydrogen-bond donors (Lipinski definition) is 1. The van der Waals surface area contributed by atoms with Crippen LogP contribution in [0.15, 0.2) is 24.3 Å². The molecule has 0 spiro atoms. The summed E-state index contributed by atoms with van der Waals surface area (Å²) in [5.74, 6) is 0. The molecule has 1 aromatic carbocycles. The van der Waals surface area contributed by atoms with Crippen molar-refractivity contribution in [2.75, 3.05) is 26.7 Å². The van der Waals surface area contributed by atoms with Gasteiger partial charge in [0.2, 0.25) is 0 Å². The van der Waals surface area contributed by atoms with Gasteiger partial charge >= 0.3 is 6.09 Å². The number of rotatable bonds is 6. The molecule has 0 bridgehead atoms. The number of carbonyl (C=O) groups is 1. The van der Waals surface area contributed by atoms with Gasteiger partial charge in [-0.2, -0.15) is 0 Å². The van der Waals surface area contributed by atoms with Crippen molar-refractivity contribution in [3.63, 3.8) is 0 Å². The zero-order chi connectivity index (χ0) is 18.4. The number of amides is 1. The quantitative estimate of drug-likeness (QED) is 0.853. The minimum atomic E-state index is -0.859. The Labute approximate surface area is 151 Å². The van der Waals surface area contributed by atoms with Crippen LogP contribution in [-0.4, -0.2) is 59.4 Å². The molecule has 1 aliphatic heterocycles. The molecule has 5 nitrogen and oxygen atoms in total. The van der Waals surface area contributed by atoms with E-state index in [0.717, 1.165) is 32.5 Å². The van der Waals surface area contributed by atoms with E-state index < -0.39 is 6.09 Å². The van der Waals surface area contributed by atoms with E-state index in [0.29, 0.717) is 12.6 Å². The topological polar surface area (TPSA) is 53.0 Å². The Morgan fingerprint density at radius 2 is 1.92 bits per heavy atom. The molecule has 1 atom stereocenters. The van der Waals surface area contributed by atoms with Crippen LogP contribution >= 0.6 is 0 Å². The van der Waals surface area contributed by atoms with Crippen molar-refractivity contribution in [3.8, 4) is 0 Å². The molecule has 1 aromatic rings. The maximum atomic E-state index is 11.4. The van der Waals surface area contributed by atoms with Crippen molar-refractivity contribution in [2.45, 2.75) is 58.2 Å². The van der Waals surface area contributed by atoms with Gasteiger partial charge in [0, 0.05) is 32.3 Å². The van der Waals surface area contributed by atoms with Gasteiger partial charge in [-0.05, 0) is 57.7 Å². The number of nitrogens with zero attached hydrogens (tertiary/aromatic N) is 2. The summed E-state index contributed by atoms with van der Waals surface area (Å²) in [4.78, 5) is 15.3. The highest BCUT2D eigenvalue weighted by Crippen LogP contribution is 2.17. The Morgan fingerprint density at radius 1 is 1.28 bits per heavy atom. The van der Waals surface area contributed by atoms with Gasteiger partial charge < -0.3 is 14.7 Å². The third kappa shape index (κ3) is 6.01. The summed E-state index contributed by atoms with van der Waals surface area (Å²) in [7, 11) is 1.79. The molecule has 5 heteroatoms. The number of piperidine rings is 1. The van der Waals surface area contributed by atoms with Gasteiger partial charge in [0.05, 0.1) is 6.10 Å². The molecule has 25 heavy (non-hydrogen) atoms. The zero-order valence-electron chi connectivity index (χ0n) is 16.0. The lowest BCUT2D eigenvalue weighted by Crippen LogP contribution is -2.45. The smallest absolute Gasteiger partial charge is 0.407 e. The molecule has 1 unspecified atom stereocenters. The van der Waals surface area contributed by atoms with Crippen molar-refractivity contribution in [1.29, 1.82) is 0 Å². The molecule has 1 aliphatic rings. The normalized spacial score (nSPS) is 19.0. The molecule has 1 saturated heterocycles. The molecule has 0 radical (unpaired) electrons. The molecule has 1 N–H and O–H groups in total. The first-order valence-electron chi connectivity index (χ1n) is 9.13. The van der Waals surface area contributed by atoms with Crippen LogP contribution in [0.1, 0.15) is 44.7 Å². The second-order valence-corrected chi connectivity index (χ2v) is 7.91. The summed E-state index contributed by atoms with van der Waals surface area (Å²) < 4.78 is 5.48. The van der Waals surface area contributed by atoms with Gasteiger partial charge in [-0.25, -0.2) is 4.79 Å². The van der Waals surface area contributed by atoms with E-state index in [1.165, 1.54) is 22.4 Å². The summed E-state index contributed by atoms with van der Waals surface area (Å²) in [5.41, 5.74) is 2.09. The second kappa shape index (κ2) is 8.68. The fourth-order valence-corrected chi connectivity index (χ4v) is 3.38. The third-order valence-electron chi connectivity index (χ3n) is 4.89. The average molecular weight is 348 g/mol. The molecule has 0 aliphatic carbocycles. The Morgan fingerprint density at radius 3 is 2.48 bits per heavy atom. The lowest BCUT2D eigenvalue weighted by Gasteiger charge is -2.33. The molecule has 140 valence electrons. The van der Waals surface area contributed by atoms with Crippen LogP contribution in [0.3, 0.4) is 0 Å². The molecular weight excluding hydrogens is 316 g/mol. The highest BCUT2D eigenvalue weighted by atomic mass is 16.5. The van der Waals surface area contributed by atoms with E-state index in [1.54, 1.807) is 7.11 Å². The lowest BCUT2D eigenvalue weighted by atomic mass is 10.0. The maximum absolute atomic E-state index is 11.4. The summed E-state index contributed by atoms with van der Waals surface area (Å²) in [6, 6.07) is 8.56. The summed E-state index contributed by atoms with van der Waals surface area (Å²) in [6.07, 6.45) is 2.57. The van der Waals surface area contributed by atoms with Gasteiger partial charge in [0.25, 0.3) is 0 Å². The van der Waals surface area contributed by atoms with Crippen molar-refractivity contribution in [2.24, 2.45) is 0 Å². The van der Waals surface area contributed by atoms with Crippen molar-refractivity contribution in [1.82, 2.24) is 9.80 Å². The van der Waals surface area contributed by atoms with Crippen molar-refractivity contribution >= 4 is 6.09 Å². The minimum Gasteiger partial charge on any atom is -0.465 e. The summed E-state index contributed by atoms with van der Waals surface area (Å²) in [6.45, 7) is 9.36. The monoisotopic (exact) mass is 348 g/mol. The molecule has 0 saturated carbocycles. The predicted octanol–water partition coefficient (Wildman–Crippen LogP) is 3.62. The van der Waals surface area contributed by atoms with Crippen LogP contribution in [0, 0.1) is 0 Å². The fraction of sp³-hybridized carbons (Fsp3) is 0.650. The van der Waals surface area contributed by atoms with Crippen molar-refractivity contribution in [3.05, 3.63) is 35.4 Å². The first-order valence-corrected chi connectivity index (χ1v) is 9.13. The first kappa shape index (κ1) is 19.7. The molecule has 2 rings (SSSR count). The van der Waals surface area contributed by atoms with Crippen LogP contribution < -0.4 is 0 Å². The number of hydrogen-bond acceptors (Lipinski definition) is 3. The predicted molar refractivity (Wildman–Crippen MR) is 99.9 cm³/mol. The Balaban J connectivity index is 1.88. The van der Waals surface area contributed by atoms with E-state index in [-0.39, 0.29) is 5.54 Å². The maximum Gasteiger partial charge on any atom is 0.407 e. The van der Waals surface area contributed by atoms with E-state index in [4.69, 9.17) is 4.74 Å². The Kier molecular flexibility index (Phi) is 6.85. The minimum absolute atomic E-state index is 0.354. The average Bonchev–Trinajstić information content (AvgIpc) is 2.55. The fourth-order valence-electron chi connectivity index (χ4n) is 3.38. The Bertz CT molecular complexity index is 551. The number of ether oxygens (including phenoxy) is 1. The van der Waals surface area contributed by atoms with Crippen LogP contribution in [0.5, 0.6) is 0 Å². The van der Waals surface area contributed by atoms with Gasteiger partial charge in [-0.15, -0.1) is 0 Å². The standard InChI is InChI=1S/C20H32N2O3/c1-20(2,3)22(19(23)24)13-11-16-7-9-17(10-8-16)14-21-12-5-6-18(15-21)25-4/h7-10,18H,5-6,11-15H2,1-4H3,(H,23,24). The number of methoxy groups -OCH3 is 1. The van der Waals surface area contributed by atoms with Gasteiger partial charge in [0.15, 0.2) is 0 Å². The van der Waals surface area contributed by atoms with Gasteiger partial charge in [-0.1, -0.05) is 24.3 Å². The van der Waals surface area contributed by atoms with E-state index >= 15 is 0 Å². The van der Waals surface area contributed by atoms with Gasteiger partial charge in [0.1, 0.15) is 0 Å². The SMILES string of the molecule is COC1CCCN(Cc2ccc(CCN(C(=O)O)C(C)(C)C)cc2)C1. The van der Waals surface area contributed by atoms with Gasteiger partial charge in [-0.3, -0.25) is 4.90 Å². The van der Waals surface area contributed by atoms with E-state index in [2.05, 4.69) is 29.2 Å². The zero-order valence-corrected chi connectivity index (χ0v) is 16.0. The van der Waals surface area contributed by atoms with Crippen molar-refractivity contribution < 1.29 is 14.6 Å². The third-order valence-corrected chi connectivity index (χ3v) is 4.89. The number of benzene rings is 1. The molecule has 0 aromatic heterocycles. The lowest BCUT2D eigenvalue weighted by molar-refractivity contribution is 0.0285. The van der Waals surface area contributed by atoms with Crippen LogP contribution in [-0.2, 0) is 17.7 Å². The molecule has 1 amide bonds. The van der Waals surface area contributed by atoms with Crippen LogP contribution in [0.25, 0.3) is 0 Å². The number of carboxylic acid groups (broad SMARTS) is 1. The first-order chi connectivity index (χ1) is 11.8. The second-order valence-electron chi connectivity index (χ2n) is 7.91. The molecule has 1 heterocycles. The van der Waals surface area contributed by atoms with Crippen LogP contribution in [0.4, 0.5) is 4.79 Å².